The minimum absolute atomic E-state index is 0.250. The molecule has 28 heavy (non-hydrogen) atoms. The Morgan fingerprint density at radius 1 is 0.857 bits per heavy atom. The van der Waals surface area contributed by atoms with Crippen molar-refractivity contribution < 1.29 is 12.8 Å². The fourth-order valence-electron chi connectivity index (χ4n) is 3.56. The summed E-state index contributed by atoms with van der Waals surface area (Å²) in [4.78, 5) is 8.97. The molecule has 2 aromatic rings. The van der Waals surface area contributed by atoms with Gasteiger partial charge in [0.25, 0.3) is 10.0 Å². The Balaban J connectivity index is 1.47. The van der Waals surface area contributed by atoms with E-state index in [0.717, 1.165) is 24.3 Å². The second-order valence-corrected chi connectivity index (χ2v) is 8.88. The van der Waals surface area contributed by atoms with Crippen molar-refractivity contribution in [2.45, 2.75) is 11.8 Å². The molecule has 4 rings (SSSR count). The first-order chi connectivity index (χ1) is 13.4. The lowest BCUT2D eigenvalue weighted by Gasteiger charge is -2.38. The minimum atomic E-state index is -3.62. The summed E-state index contributed by atoms with van der Waals surface area (Å²) in [7, 11) is -3.62. The van der Waals surface area contributed by atoms with E-state index in [4.69, 9.17) is 0 Å². The highest BCUT2D eigenvalue weighted by atomic mass is 32.2. The van der Waals surface area contributed by atoms with Crippen LogP contribution in [0.15, 0.2) is 58.4 Å². The van der Waals surface area contributed by atoms with Crippen LogP contribution in [0.3, 0.4) is 0 Å². The second kappa shape index (κ2) is 7.43. The monoisotopic (exact) mass is 402 g/mol. The third-order valence-corrected chi connectivity index (χ3v) is 6.94. The Morgan fingerprint density at radius 3 is 2.11 bits per heavy atom. The number of guanidine groups is 1. The van der Waals surface area contributed by atoms with Crippen molar-refractivity contribution in [2.75, 3.05) is 44.2 Å². The topological polar surface area (TPSA) is 56.2 Å². The Kier molecular flexibility index (Phi) is 4.97. The highest BCUT2D eigenvalue weighted by molar-refractivity contribution is 7.89. The third kappa shape index (κ3) is 3.56. The van der Waals surface area contributed by atoms with Gasteiger partial charge in [-0.05, 0) is 43.3 Å². The molecule has 0 aromatic heterocycles. The molecule has 1 saturated heterocycles. The molecule has 0 amide bonds. The molecule has 0 unspecified atom stereocenters. The van der Waals surface area contributed by atoms with Crippen LogP contribution in [0.25, 0.3) is 0 Å². The number of nitrogens with zero attached hydrogens (tertiary/aromatic N) is 4. The average molecular weight is 402 g/mol. The van der Waals surface area contributed by atoms with Crippen LogP contribution in [0.1, 0.15) is 5.56 Å². The highest BCUT2D eigenvalue weighted by Crippen LogP contribution is 2.23. The summed E-state index contributed by atoms with van der Waals surface area (Å²) < 4.78 is 40.7. The number of anilines is 1. The lowest BCUT2D eigenvalue weighted by Crippen LogP contribution is -2.53. The number of sulfonamides is 1. The van der Waals surface area contributed by atoms with Gasteiger partial charge in [-0.15, -0.1) is 0 Å². The predicted molar refractivity (Wildman–Crippen MR) is 108 cm³/mol. The van der Waals surface area contributed by atoms with Gasteiger partial charge in [-0.25, -0.2) is 17.1 Å². The number of aliphatic imine (C=N–C) groups is 1. The quantitative estimate of drug-likeness (QED) is 0.791. The number of hydrogen-bond donors (Lipinski definition) is 0. The van der Waals surface area contributed by atoms with Crippen LogP contribution in [0, 0.1) is 12.7 Å². The van der Waals surface area contributed by atoms with Gasteiger partial charge in [0, 0.05) is 31.9 Å². The van der Waals surface area contributed by atoms with Gasteiger partial charge < -0.3 is 9.80 Å². The zero-order chi connectivity index (χ0) is 19.7. The average Bonchev–Trinajstić information content (AvgIpc) is 3.20. The lowest BCUT2D eigenvalue weighted by molar-refractivity contribution is 0.358. The summed E-state index contributed by atoms with van der Waals surface area (Å²) in [6.07, 6.45) is 0. The fraction of sp³-hybridized carbons (Fsp3) is 0.350. The molecule has 2 aromatic carbocycles. The van der Waals surface area contributed by atoms with Crippen LogP contribution >= 0.6 is 0 Å². The maximum Gasteiger partial charge on any atom is 0.266 e. The van der Waals surface area contributed by atoms with Gasteiger partial charge in [-0.1, -0.05) is 17.7 Å². The molecule has 148 valence electrons. The predicted octanol–water partition coefficient (Wildman–Crippen LogP) is 2.32. The molecule has 2 aliphatic heterocycles. The summed E-state index contributed by atoms with van der Waals surface area (Å²) in [5.41, 5.74) is 1.99. The van der Waals surface area contributed by atoms with E-state index in [9.17, 15) is 12.8 Å². The summed E-state index contributed by atoms with van der Waals surface area (Å²) in [5.74, 6) is 0.277. The molecule has 2 heterocycles. The van der Waals surface area contributed by atoms with Crippen molar-refractivity contribution in [1.82, 2.24) is 9.21 Å². The number of halogens is 1. The van der Waals surface area contributed by atoms with E-state index in [-0.39, 0.29) is 10.7 Å². The van der Waals surface area contributed by atoms with Crippen molar-refractivity contribution in [1.29, 1.82) is 0 Å². The molecule has 2 aliphatic rings. The first-order valence-corrected chi connectivity index (χ1v) is 10.8. The first kappa shape index (κ1) is 18.7. The summed E-state index contributed by atoms with van der Waals surface area (Å²) in [5, 5.41) is 0. The van der Waals surface area contributed by atoms with Gasteiger partial charge in [-0.2, -0.15) is 0 Å². The van der Waals surface area contributed by atoms with Crippen LogP contribution in [0.4, 0.5) is 10.1 Å². The lowest BCUT2D eigenvalue weighted by atomic mass is 10.2. The molecule has 0 radical (unpaired) electrons. The van der Waals surface area contributed by atoms with E-state index in [1.54, 1.807) is 36.4 Å². The maximum atomic E-state index is 13.1. The Labute approximate surface area is 164 Å². The van der Waals surface area contributed by atoms with E-state index in [2.05, 4.69) is 9.89 Å². The molecule has 0 aliphatic carbocycles. The Morgan fingerprint density at radius 2 is 1.46 bits per heavy atom. The van der Waals surface area contributed by atoms with E-state index in [1.807, 2.05) is 11.8 Å². The second-order valence-electron chi connectivity index (χ2n) is 7.02. The standard InChI is InChI=1S/C20H23FN4O2S/c1-16-2-8-19(9-3-16)28(26,27)25-11-10-22-20(25)24-14-12-23(13-15-24)18-6-4-17(21)5-7-18/h2-9H,10-15H2,1H3. The number of hydrogen-bond acceptors (Lipinski definition) is 5. The smallest absolute Gasteiger partial charge is 0.266 e. The summed E-state index contributed by atoms with van der Waals surface area (Å²) in [6, 6.07) is 13.4. The number of piperazine rings is 1. The van der Waals surface area contributed by atoms with Gasteiger partial charge in [0.15, 0.2) is 0 Å². The molecular formula is C20H23FN4O2S. The molecule has 0 atom stereocenters. The van der Waals surface area contributed by atoms with Crippen molar-refractivity contribution in [3.8, 4) is 0 Å². The van der Waals surface area contributed by atoms with Gasteiger partial charge in [0.1, 0.15) is 5.82 Å². The zero-order valence-corrected chi connectivity index (χ0v) is 16.6. The number of rotatable bonds is 3. The van der Waals surface area contributed by atoms with Crippen molar-refractivity contribution in [2.24, 2.45) is 4.99 Å². The van der Waals surface area contributed by atoms with Crippen molar-refractivity contribution >= 4 is 21.7 Å². The van der Waals surface area contributed by atoms with Gasteiger partial charge >= 0.3 is 0 Å². The van der Waals surface area contributed by atoms with Crippen molar-refractivity contribution in [3.63, 3.8) is 0 Å². The number of aryl methyl sites for hydroxylation is 1. The largest absolute Gasteiger partial charge is 0.368 e. The fourth-order valence-corrected chi connectivity index (χ4v) is 5.00. The Hall–Kier alpha value is -2.61. The molecule has 0 spiro atoms. The maximum absolute atomic E-state index is 13.1. The third-order valence-electron chi connectivity index (χ3n) is 5.14. The minimum Gasteiger partial charge on any atom is -0.368 e. The van der Waals surface area contributed by atoms with E-state index >= 15 is 0 Å². The van der Waals surface area contributed by atoms with Gasteiger partial charge in [-0.3, -0.25) is 4.99 Å². The molecular weight excluding hydrogens is 379 g/mol. The molecule has 0 saturated carbocycles. The van der Waals surface area contributed by atoms with Gasteiger partial charge in [0.2, 0.25) is 5.96 Å². The van der Waals surface area contributed by atoms with E-state index < -0.39 is 10.0 Å². The SMILES string of the molecule is Cc1ccc(S(=O)(=O)N2CCN=C2N2CCN(c3ccc(F)cc3)CC2)cc1. The number of benzene rings is 2. The van der Waals surface area contributed by atoms with Crippen LogP contribution in [-0.2, 0) is 10.0 Å². The molecule has 0 N–H and O–H groups in total. The van der Waals surface area contributed by atoms with Gasteiger partial charge in [0.05, 0.1) is 18.0 Å². The van der Waals surface area contributed by atoms with Crippen LogP contribution in [0.2, 0.25) is 0 Å². The highest BCUT2D eigenvalue weighted by Gasteiger charge is 2.34. The van der Waals surface area contributed by atoms with Crippen LogP contribution in [-0.4, -0.2) is 62.9 Å². The van der Waals surface area contributed by atoms with Crippen LogP contribution < -0.4 is 4.90 Å². The normalized spacial score (nSPS) is 17.8. The van der Waals surface area contributed by atoms with E-state index in [0.29, 0.717) is 32.1 Å². The van der Waals surface area contributed by atoms with Crippen LogP contribution in [0.5, 0.6) is 0 Å². The molecule has 0 bridgehead atoms. The summed E-state index contributed by atoms with van der Waals surface area (Å²) >= 11 is 0. The molecule has 1 fully saturated rings. The molecule has 8 heteroatoms. The zero-order valence-electron chi connectivity index (χ0n) is 15.8. The summed E-state index contributed by atoms with van der Waals surface area (Å²) in [6.45, 7) is 5.54. The van der Waals surface area contributed by atoms with E-state index in [1.165, 1.54) is 16.4 Å². The first-order valence-electron chi connectivity index (χ1n) is 9.34. The van der Waals surface area contributed by atoms with Crippen molar-refractivity contribution in [3.05, 3.63) is 59.9 Å². The molecule has 6 nitrogen and oxygen atoms in total. The Bertz CT molecular complexity index is 966.